The molecule has 1 N–H and O–H groups in total. The van der Waals surface area contributed by atoms with E-state index in [-0.39, 0.29) is 22.4 Å². The van der Waals surface area contributed by atoms with Gasteiger partial charge in [0.1, 0.15) is 6.21 Å². The molecule has 24 heavy (non-hydrogen) atoms. The van der Waals surface area contributed by atoms with Crippen molar-refractivity contribution in [2.24, 2.45) is 5.10 Å². The van der Waals surface area contributed by atoms with Crippen molar-refractivity contribution in [2.75, 3.05) is 0 Å². The summed E-state index contributed by atoms with van der Waals surface area (Å²) < 4.78 is 1.27. The molecule has 2 aromatic heterocycles. The fourth-order valence-electron chi connectivity index (χ4n) is 2.23. The molecule has 0 saturated heterocycles. The van der Waals surface area contributed by atoms with Crippen molar-refractivity contribution in [1.29, 1.82) is 0 Å². The lowest BCUT2D eigenvalue weighted by Gasteiger charge is -2.08. The summed E-state index contributed by atoms with van der Waals surface area (Å²) in [5.74, 6) is -0.445. The van der Waals surface area contributed by atoms with E-state index in [1.54, 1.807) is 24.3 Å². The number of fused-ring (bicyclic) bond motifs is 1. The van der Waals surface area contributed by atoms with Gasteiger partial charge in [0.05, 0.1) is 0 Å². The van der Waals surface area contributed by atoms with Gasteiger partial charge in [0.2, 0.25) is 0 Å². The first kappa shape index (κ1) is 15.3. The van der Waals surface area contributed by atoms with E-state index in [0.29, 0.717) is 15.0 Å². The summed E-state index contributed by atoms with van der Waals surface area (Å²) in [4.78, 5) is 15.7. The Morgan fingerprint density at radius 1 is 1.12 bits per heavy atom. The number of nitrogens with one attached hydrogen (secondary N) is 1. The highest BCUT2D eigenvalue weighted by Gasteiger charge is 2.23. The molecule has 1 amide bonds. The summed E-state index contributed by atoms with van der Waals surface area (Å²) in [6.45, 7) is 1.51. The third kappa shape index (κ3) is 2.72. The second kappa shape index (κ2) is 6.29. The van der Waals surface area contributed by atoms with Gasteiger partial charge in [0.25, 0.3) is 22.6 Å². The minimum atomic E-state index is -0.445. The van der Waals surface area contributed by atoms with Crippen LogP contribution in [-0.4, -0.2) is 17.1 Å². The number of para-hydroxylation sites is 2. The zero-order chi connectivity index (χ0) is 17.1. The van der Waals surface area contributed by atoms with Crippen LogP contribution >= 0.6 is 0 Å². The predicted octanol–water partition coefficient (Wildman–Crippen LogP) is 0.574. The van der Waals surface area contributed by atoms with E-state index in [4.69, 9.17) is 0 Å². The zero-order valence-corrected chi connectivity index (χ0v) is 12.7. The van der Waals surface area contributed by atoms with E-state index < -0.39 is 5.91 Å². The molecular weight excluding hydrogens is 310 g/mol. The fourth-order valence-corrected chi connectivity index (χ4v) is 2.23. The second-order valence-electron chi connectivity index (χ2n) is 4.98. The topological polar surface area (TPSA) is 108 Å². The molecule has 0 aliphatic heterocycles. The van der Waals surface area contributed by atoms with Crippen molar-refractivity contribution in [3.63, 3.8) is 0 Å². The summed E-state index contributed by atoms with van der Waals surface area (Å²) in [5, 5.41) is 28.4. The Morgan fingerprint density at radius 2 is 1.75 bits per heavy atom. The maximum Gasteiger partial charge on any atom is 0.305 e. The van der Waals surface area contributed by atoms with Crippen LogP contribution in [0.25, 0.3) is 11.0 Å². The molecule has 0 saturated carbocycles. The normalized spacial score (nSPS) is 11.0. The van der Waals surface area contributed by atoms with Crippen LogP contribution in [0.5, 0.6) is 0 Å². The molecule has 8 heteroatoms. The average molecular weight is 323 g/mol. The first-order chi connectivity index (χ1) is 11.6. The smallest absolute Gasteiger partial charge is 0.305 e. The molecule has 0 unspecified atom stereocenters. The van der Waals surface area contributed by atoms with Crippen molar-refractivity contribution in [1.82, 2.24) is 10.4 Å². The molecule has 0 radical (unpaired) electrons. The lowest BCUT2D eigenvalue weighted by molar-refractivity contribution is -0.634. The van der Waals surface area contributed by atoms with E-state index in [1.807, 2.05) is 0 Å². The van der Waals surface area contributed by atoms with Crippen molar-refractivity contribution >= 4 is 23.2 Å². The van der Waals surface area contributed by atoms with Gasteiger partial charge in [-0.25, -0.2) is 5.43 Å². The standard InChI is InChI=1S/C16H13N5O3/c1-11-15(10-18-19-16(22)12-6-8-17-9-7-12)21(24)14-5-3-2-4-13(14)20(11)23/h2-10H,1H3,(H,19,22)/b18-10+. The van der Waals surface area contributed by atoms with Crippen molar-refractivity contribution in [2.45, 2.75) is 6.92 Å². The van der Waals surface area contributed by atoms with Gasteiger partial charge in [0.15, 0.2) is 0 Å². The second-order valence-corrected chi connectivity index (χ2v) is 4.98. The highest BCUT2D eigenvalue weighted by Crippen LogP contribution is 2.07. The number of rotatable bonds is 3. The van der Waals surface area contributed by atoms with Crippen molar-refractivity contribution in [3.05, 3.63) is 76.2 Å². The molecular formula is C16H13N5O3. The zero-order valence-electron chi connectivity index (χ0n) is 12.7. The van der Waals surface area contributed by atoms with Crippen molar-refractivity contribution < 1.29 is 14.3 Å². The van der Waals surface area contributed by atoms with Gasteiger partial charge in [-0.3, -0.25) is 9.78 Å². The molecule has 0 aliphatic carbocycles. The van der Waals surface area contributed by atoms with Gasteiger partial charge in [-0.15, -0.1) is 0 Å². The number of hydrogen-bond donors (Lipinski definition) is 1. The Labute approximate surface area is 136 Å². The van der Waals surface area contributed by atoms with Gasteiger partial charge in [0, 0.05) is 37.0 Å². The van der Waals surface area contributed by atoms with Gasteiger partial charge in [-0.2, -0.15) is 14.6 Å². The summed E-state index contributed by atoms with van der Waals surface area (Å²) in [6, 6.07) is 9.52. The van der Waals surface area contributed by atoms with Gasteiger partial charge < -0.3 is 10.4 Å². The van der Waals surface area contributed by atoms with Gasteiger partial charge >= 0.3 is 5.69 Å². The molecule has 0 fully saturated rings. The lowest BCUT2D eigenvalue weighted by Crippen LogP contribution is -2.44. The maximum absolute atomic E-state index is 12.4. The Bertz CT molecular complexity index is 941. The number of aromatic nitrogens is 3. The maximum atomic E-state index is 12.4. The number of carbonyl (C=O) groups is 1. The van der Waals surface area contributed by atoms with Crippen LogP contribution in [0.2, 0.25) is 0 Å². The van der Waals surface area contributed by atoms with E-state index in [0.717, 1.165) is 6.21 Å². The molecule has 0 aliphatic rings. The number of hydrogen-bond acceptors (Lipinski definition) is 5. The first-order valence-electron chi connectivity index (χ1n) is 7.07. The first-order valence-corrected chi connectivity index (χ1v) is 7.07. The summed E-state index contributed by atoms with van der Waals surface area (Å²) in [7, 11) is 0. The number of amides is 1. The van der Waals surface area contributed by atoms with Crippen molar-refractivity contribution in [3.8, 4) is 0 Å². The number of carbonyl (C=O) groups excluding carboxylic acids is 1. The van der Waals surface area contributed by atoms with Crippen LogP contribution in [0, 0.1) is 17.3 Å². The fraction of sp³-hybridized carbons (Fsp3) is 0.0625. The molecule has 120 valence electrons. The third-order valence-electron chi connectivity index (χ3n) is 3.51. The molecule has 1 aromatic carbocycles. The predicted molar refractivity (Wildman–Crippen MR) is 85.9 cm³/mol. The van der Waals surface area contributed by atoms with Crippen LogP contribution in [-0.2, 0) is 0 Å². The number of benzene rings is 1. The number of nitrogens with zero attached hydrogens (tertiary/aromatic N) is 4. The number of hydrazone groups is 1. The van der Waals surface area contributed by atoms with Crippen LogP contribution in [0.4, 0.5) is 0 Å². The van der Waals surface area contributed by atoms with Crippen LogP contribution in [0.3, 0.4) is 0 Å². The quantitative estimate of drug-likeness (QED) is 0.329. The molecule has 3 aromatic rings. The van der Waals surface area contributed by atoms with E-state index in [1.165, 1.54) is 31.5 Å². The van der Waals surface area contributed by atoms with Crippen LogP contribution in [0.1, 0.15) is 21.7 Å². The largest absolute Gasteiger partial charge is 0.618 e. The lowest BCUT2D eigenvalue weighted by atomic mass is 10.2. The molecule has 0 atom stereocenters. The van der Waals surface area contributed by atoms with Gasteiger partial charge in [-0.1, -0.05) is 12.1 Å². The Balaban J connectivity index is 1.91. The SMILES string of the molecule is Cc1c(/C=N/NC(=O)c2ccncc2)[n+]([O-])c2ccccc2[n+]1[O-]. The molecule has 0 spiro atoms. The summed E-state index contributed by atoms with van der Waals surface area (Å²) in [6.07, 6.45) is 4.12. The minimum absolute atomic E-state index is 0.0544. The summed E-state index contributed by atoms with van der Waals surface area (Å²) >= 11 is 0. The van der Waals surface area contributed by atoms with E-state index in [2.05, 4.69) is 15.5 Å². The Morgan fingerprint density at radius 3 is 2.42 bits per heavy atom. The molecule has 0 bridgehead atoms. The monoisotopic (exact) mass is 323 g/mol. The molecule has 3 rings (SSSR count). The van der Waals surface area contributed by atoms with E-state index in [9.17, 15) is 15.2 Å². The molecule has 8 nitrogen and oxygen atoms in total. The average Bonchev–Trinajstić information content (AvgIpc) is 2.63. The van der Waals surface area contributed by atoms with E-state index >= 15 is 0 Å². The highest BCUT2D eigenvalue weighted by molar-refractivity contribution is 5.94. The third-order valence-corrected chi connectivity index (χ3v) is 3.51. The number of pyridine rings is 1. The highest BCUT2D eigenvalue weighted by atomic mass is 16.5. The minimum Gasteiger partial charge on any atom is -0.618 e. The Kier molecular flexibility index (Phi) is 4.02. The van der Waals surface area contributed by atoms with Crippen LogP contribution < -0.4 is 14.9 Å². The van der Waals surface area contributed by atoms with Gasteiger partial charge in [-0.05, 0) is 12.1 Å². The molecule has 2 heterocycles. The Hall–Kier alpha value is -3.55. The van der Waals surface area contributed by atoms with Crippen LogP contribution in [0.15, 0.2) is 53.9 Å². The summed E-state index contributed by atoms with van der Waals surface area (Å²) in [5.41, 5.74) is 3.42.